The largest absolute Gasteiger partial charge is 0.433 e. The maximum Gasteiger partial charge on any atom is 0.433 e. The summed E-state index contributed by atoms with van der Waals surface area (Å²) in [6.07, 6.45) is 4.57. The predicted molar refractivity (Wildman–Crippen MR) is 127 cm³/mol. The van der Waals surface area contributed by atoms with E-state index in [1.807, 2.05) is 49.3 Å². The molecule has 1 heterocycles. The van der Waals surface area contributed by atoms with Gasteiger partial charge in [0.15, 0.2) is 0 Å². The first kappa shape index (κ1) is 24.9. The van der Waals surface area contributed by atoms with Crippen molar-refractivity contribution >= 4 is 22.5 Å². The summed E-state index contributed by atoms with van der Waals surface area (Å²) in [4.78, 5) is 4.41. The van der Waals surface area contributed by atoms with Crippen LogP contribution in [0, 0.1) is 0 Å². The molecule has 0 aliphatic rings. The van der Waals surface area contributed by atoms with Crippen LogP contribution in [0.4, 0.5) is 18.9 Å². The van der Waals surface area contributed by atoms with Crippen LogP contribution in [-0.2, 0) is 12.6 Å². The molecule has 32 heavy (non-hydrogen) atoms. The maximum absolute atomic E-state index is 13.1. The Morgan fingerprint density at radius 2 is 1.94 bits per heavy atom. The van der Waals surface area contributed by atoms with E-state index in [2.05, 4.69) is 35.0 Å². The quantitative estimate of drug-likeness (QED) is 0.330. The molecule has 0 saturated carbocycles. The molecule has 170 valence electrons. The van der Waals surface area contributed by atoms with Crippen LogP contribution in [0.5, 0.6) is 0 Å². The van der Waals surface area contributed by atoms with Crippen molar-refractivity contribution in [2.24, 2.45) is 4.99 Å². The predicted octanol–water partition coefficient (Wildman–Crippen LogP) is 7.42. The van der Waals surface area contributed by atoms with E-state index < -0.39 is 11.9 Å². The van der Waals surface area contributed by atoms with Gasteiger partial charge in [-0.25, -0.2) is 0 Å². The average Bonchev–Trinajstić information content (AvgIpc) is 3.25. The highest BCUT2D eigenvalue weighted by Gasteiger charge is 2.35. The van der Waals surface area contributed by atoms with Crippen LogP contribution in [-0.4, -0.2) is 15.9 Å². The molecule has 4 nitrogen and oxygen atoms in total. The molecule has 0 radical (unpaired) electrons. The molecule has 0 aliphatic heterocycles. The van der Waals surface area contributed by atoms with Crippen molar-refractivity contribution in [2.45, 2.75) is 47.2 Å². The molecule has 1 aromatic carbocycles. The third-order valence-electron chi connectivity index (χ3n) is 4.87. The van der Waals surface area contributed by atoms with Crippen molar-refractivity contribution in [3.8, 4) is 0 Å². The number of benzene rings is 1. The molecule has 0 saturated heterocycles. The normalized spacial score (nSPS) is 13.7. The SMILES string of the molecule is C=C(C)c1ccc(NC(=C/C=C\C)/C(C)=N/C=C(\C)c2cn[nH]c2C(F)(F)F)cc1CC. The van der Waals surface area contributed by atoms with Crippen molar-refractivity contribution in [2.75, 3.05) is 5.32 Å². The number of aliphatic imine (C=N–C) groups is 1. The lowest BCUT2D eigenvalue weighted by Gasteiger charge is -2.14. The lowest BCUT2D eigenvalue weighted by atomic mass is 9.99. The Kier molecular flexibility index (Phi) is 8.41. The van der Waals surface area contributed by atoms with E-state index in [4.69, 9.17) is 0 Å². The van der Waals surface area contributed by atoms with Gasteiger partial charge in [-0.1, -0.05) is 37.3 Å². The van der Waals surface area contributed by atoms with E-state index in [9.17, 15) is 13.2 Å². The van der Waals surface area contributed by atoms with Gasteiger partial charge in [0.2, 0.25) is 0 Å². The average molecular weight is 443 g/mol. The van der Waals surface area contributed by atoms with Gasteiger partial charge < -0.3 is 5.32 Å². The number of hydrogen-bond acceptors (Lipinski definition) is 3. The number of aromatic amines is 1. The van der Waals surface area contributed by atoms with E-state index in [0.717, 1.165) is 35.1 Å². The standard InChI is InChI=1S/C25H29F3N4/c1-7-9-10-23(31-20-11-12-21(16(3)4)19(8-2)13-20)18(6)29-14-17(5)22-15-30-32-24(22)25(26,27)28/h7,9-15,31H,3,8H2,1-2,4-6H3,(H,30,32)/b9-7-,17-14+,23-10+,29-18+. The van der Waals surface area contributed by atoms with E-state index >= 15 is 0 Å². The third-order valence-corrected chi connectivity index (χ3v) is 4.87. The first-order chi connectivity index (χ1) is 15.1. The number of nitrogens with one attached hydrogen (secondary N) is 2. The minimum absolute atomic E-state index is 0.0241. The van der Waals surface area contributed by atoms with Crippen LogP contribution in [0.1, 0.15) is 57.0 Å². The molecular weight excluding hydrogens is 413 g/mol. The van der Waals surface area contributed by atoms with Crippen molar-refractivity contribution in [3.63, 3.8) is 0 Å². The third kappa shape index (κ3) is 6.33. The molecular formula is C25H29F3N4. The Hall–Kier alpha value is -3.35. The van der Waals surface area contributed by atoms with Crippen LogP contribution < -0.4 is 5.32 Å². The van der Waals surface area contributed by atoms with Gasteiger partial charge in [-0.05, 0) is 69.0 Å². The fourth-order valence-corrected chi connectivity index (χ4v) is 3.11. The van der Waals surface area contributed by atoms with Crippen LogP contribution in [0.3, 0.4) is 0 Å². The molecule has 0 fully saturated rings. The molecule has 0 bridgehead atoms. The van der Waals surface area contributed by atoms with Gasteiger partial charge in [-0.2, -0.15) is 18.3 Å². The van der Waals surface area contributed by atoms with Gasteiger partial charge in [0.1, 0.15) is 5.69 Å². The Morgan fingerprint density at radius 3 is 2.53 bits per heavy atom. The summed E-state index contributed by atoms with van der Waals surface area (Å²) in [7, 11) is 0. The number of nitrogens with zero attached hydrogens (tertiary/aromatic N) is 2. The van der Waals surface area contributed by atoms with E-state index in [1.54, 1.807) is 13.8 Å². The first-order valence-corrected chi connectivity index (χ1v) is 10.3. The minimum Gasteiger partial charge on any atom is -0.354 e. The molecule has 1 aromatic heterocycles. The Labute approximate surface area is 187 Å². The number of aromatic nitrogens is 2. The number of halogens is 3. The smallest absolute Gasteiger partial charge is 0.354 e. The number of hydrogen-bond donors (Lipinski definition) is 2. The monoisotopic (exact) mass is 442 g/mol. The van der Waals surface area contributed by atoms with Gasteiger partial charge >= 0.3 is 6.18 Å². The van der Waals surface area contributed by atoms with Crippen LogP contribution in [0.25, 0.3) is 11.1 Å². The maximum atomic E-state index is 13.1. The van der Waals surface area contributed by atoms with Crippen LogP contribution in [0.2, 0.25) is 0 Å². The Balaban J connectivity index is 2.36. The first-order valence-electron chi connectivity index (χ1n) is 10.3. The fourth-order valence-electron chi connectivity index (χ4n) is 3.11. The van der Waals surface area contributed by atoms with Crippen molar-refractivity contribution in [1.82, 2.24) is 10.2 Å². The summed E-state index contributed by atoms with van der Waals surface area (Å²) < 4.78 is 39.4. The molecule has 0 unspecified atom stereocenters. The molecule has 2 rings (SSSR count). The second-order valence-corrected chi connectivity index (χ2v) is 7.42. The second-order valence-electron chi connectivity index (χ2n) is 7.42. The number of allylic oxidation sites excluding steroid dienone is 6. The lowest BCUT2D eigenvalue weighted by molar-refractivity contribution is -0.141. The van der Waals surface area contributed by atoms with Crippen LogP contribution >= 0.6 is 0 Å². The summed E-state index contributed by atoms with van der Waals surface area (Å²) >= 11 is 0. The highest BCUT2D eigenvalue weighted by atomic mass is 19.4. The minimum atomic E-state index is -4.51. The molecule has 0 atom stereocenters. The number of anilines is 1. The fraction of sp³-hybridized carbons (Fsp3) is 0.280. The summed E-state index contributed by atoms with van der Waals surface area (Å²) in [5.74, 6) is 0. The molecule has 2 aromatic rings. The zero-order valence-electron chi connectivity index (χ0n) is 19.1. The zero-order chi connectivity index (χ0) is 23.9. The van der Waals surface area contributed by atoms with E-state index in [0.29, 0.717) is 11.3 Å². The summed E-state index contributed by atoms with van der Waals surface area (Å²) in [5, 5.41) is 8.92. The summed E-state index contributed by atoms with van der Waals surface area (Å²) in [5.41, 5.74) is 5.02. The van der Waals surface area contributed by atoms with Crippen LogP contribution in [0.15, 0.2) is 66.1 Å². The van der Waals surface area contributed by atoms with E-state index in [1.165, 1.54) is 11.8 Å². The number of rotatable bonds is 8. The lowest BCUT2D eigenvalue weighted by Crippen LogP contribution is -2.09. The second kappa shape index (κ2) is 10.8. The van der Waals surface area contributed by atoms with Gasteiger partial charge in [-0.3, -0.25) is 10.1 Å². The van der Waals surface area contributed by atoms with Gasteiger partial charge in [0, 0.05) is 17.5 Å². The summed E-state index contributed by atoms with van der Waals surface area (Å²) in [6.45, 7) is 13.4. The molecule has 0 aliphatic carbocycles. The molecule has 0 spiro atoms. The number of H-pyrrole nitrogens is 1. The highest BCUT2D eigenvalue weighted by Crippen LogP contribution is 2.33. The Bertz CT molecular complexity index is 1080. The number of aryl methyl sites for hydroxylation is 1. The van der Waals surface area contributed by atoms with Gasteiger partial charge in [0.25, 0.3) is 0 Å². The van der Waals surface area contributed by atoms with Gasteiger partial charge in [-0.15, -0.1) is 0 Å². The highest BCUT2D eigenvalue weighted by molar-refractivity contribution is 6.01. The molecule has 0 amide bonds. The van der Waals surface area contributed by atoms with Crippen molar-refractivity contribution < 1.29 is 13.2 Å². The molecule has 7 heteroatoms. The van der Waals surface area contributed by atoms with Crippen molar-refractivity contribution in [1.29, 1.82) is 0 Å². The Morgan fingerprint density at radius 1 is 1.22 bits per heavy atom. The summed E-state index contributed by atoms with van der Waals surface area (Å²) in [6, 6.07) is 6.08. The van der Waals surface area contributed by atoms with Crippen molar-refractivity contribution in [3.05, 3.63) is 83.5 Å². The number of alkyl halides is 3. The zero-order valence-corrected chi connectivity index (χ0v) is 19.1. The molecule has 2 N–H and O–H groups in total. The van der Waals surface area contributed by atoms with E-state index in [-0.39, 0.29) is 5.56 Å². The van der Waals surface area contributed by atoms with Gasteiger partial charge in [0.05, 0.1) is 17.6 Å². The topological polar surface area (TPSA) is 53.1 Å².